The number of carbonyl (C=O) groups excluding carboxylic acids is 1. The van der Waals surface area contributed by atoms with Gasteiger partial charge in [0.1, 0.15) is 0 Å². The summed E-state index contributed by atoms with van der Waals surface area (Å²) in [5.74, 6) is 0.977. The maximum Gasteiger partial charge on any atom is 0.242 e. The molecule has 8 heteroatoms. The maximum atomic E-state index is 12.1. The number of ether oxygens (including phenoxy) is 2. The van der Waals surface area contributed by atoms with Crippen molar-refractivity contribution in [3.05, 3.63) is 58.6 Å². The van der Waals surface area contributed by atoms with Crippen LogP contribution in [0.3, 0.4) is 0 Å². The van der Waals surface area contributed by atoms with Gasteiger partial charge in [0, 0.05) is 11.6 Å². The van der Waals surface area contributed by atoms with Gasteiger partial charge in [0.15, 0.2) is 16.6 Å². The molecule has 2 aromatic rings. The second-order valence-corrected chi connectivity index (χ2v) is 6.52. The van der Waals surface area contributed by atoms with Crippen molar-refractivity contribution in [1.29, 1.82) is 0 Å². The van der Waals surface area contributed by atoms with Crippen molar-refractivity contribution in [2.75, 3.05) is 20.8 Å². The van der Waals surface area contributed by atoms with Crippen molar-refractivity contribution in [3.8, 4) is 11.5 Å². The Labute approximate surface area is 169 Å². The number of benzene rings is 2. The van der Waals surface area contributed by atoms with Gasteiger partial charge in [-0.3, -0.25) is 15.6 Å². The average Bonchev–Trinajstić information content (AvgIpc) is 2.67. The average molecular weight is 408 g/mol. The van der Waals surface area contributed by atoms with Crippen molar-refractivity contribution in [1.82, 2.24) is 16.2 Å². The molecule has 0 unspecified atom stereocenters. The molecule has 0 atom stereocenters. The zero-order valence-electron chi connectivity index (χ0n) is 15.2. The van der Waals surface area contributed by atoms with Crippen LogP contribution >= 0.6 is 23.8 Å². The Kier molecular flexibility index (Phi) is 8.16. The predicted octanol–water partition coefficient (Wildman–Crippen LogP) is 2.64. The molecule has 0 radical (unpaired) electrons. The van der Waals surface area contributed by atoms with Crippen molar-refractivity contribution >= 4 is 34.8 Å². The van der Waals surface area contributed by atoms with E-state index in [-0.39, 0.29) is 12.3 Å². The van der Waals surface area contributed by atoms with Crippen molar-refractivity contribution < 1.29 is 14.3 Å². The van der Waals surface area contributed by atoms with E-state index in [4.69, 9.17) is 33.3 Å². The summed E-state index contributed by atoms with van der Waals surface area (Å²) in [6, 6.07) is 13.0. The Morgan fingerprint density at radius 1 is 1.00 bits per heavy atom. The minimum absolute atomic E-state index is 0.181. The fourth-order valence-corrected chi connectivity index (χ4v) is 2.64. The van der Waals surface area contributed by atoms with Crippen molar-refractivity contribution in [3.63, 3.8) is 0 Å². The van der Waals surface area contributed by atoms with Crippen LogP contribution in [0.5, 0.6) is 11.5 Å². The lowest BCUT2D eigenvalue weighted by atomic mass is 10.1. The molecule has 0 spiro atoms. The van der Waals surface area contributed by atoms with Gasteiger partial charge in [0.05, 0.1) is 20.6 Å². The minimum Gasteiger partial charge on any atom is -0.493 e. The van der Waals surface area contributed by atoms with Crippen LogP contribution in [0, 0.1) is 0 Å². The molecule has 0 aliphatic carbocycles. The monoisotopic (exact) mass is 407 g/mol. The number of amides is 1. The highest BCUT2D eigenvalue weighted by atomic mass is 35.5. The van der Waals surface area contributed by atoms with E-state index in [9.17, 15) is 4.79 Å². The van der Waals surface area contributed by atoms with Gasteiger partial charge < -0.3 is 14.8 Å². The highest BCUT2D eigenvalue weighted by Gasteiger charge is 2.08. The van der Waals surface area contributed by atoms with E-state index < -0.39 is 0 Å². The van der Waals surface area contributed by atoms with Crippen LogP contribution < -0.4 is 25.6 Å². The SMILES string of the molecule is COc1ccc(CC(=O)NNC(=S)NCCc2ccc(Cl)cc2)cc1OC. The molecule has 0 aliphatic rings. The third kappa shape index (κ3) is 6.96. The van der Waals surface area contributed by atoms with Crippen LogP contribution in [0.25, 0.3) is 0 Å². The van der Waals surface area contributed by atoms with Gasteiger partial charge in [-0.05, 0) is 54.0 Å². The Balaban J connectivity index is 1.71. The fourth-order valence-electron chi connectivity index (χ4n) is 2.36. The number of halogens is 1. The predicted molar refractivity (Wildman–Crippen MR) is 110 cm³/mol. The van der Waals surface area contributed by atoms with E-state index in [2.05, 4.69) is 16.2 Å². The Bertz CT molecular complexity index is 784. The molecule has 0 saturated heterocycles. The summed E-state index contributed by atoms with van der Waals surface area (Å²) >= 11 is 11.0. The highest BCUT2D eigenvalue weighted by molar-refractivity contribution is 7.80. The quantitative estimate of drug-likeness (QED) is 0.484. The smallest absolute Gasteiger partial charge is 0.242 e. The van der Waals surface area contributed by atoms with Crippen LogP contribution in [0.15, 0.2) is 42.5 Å². The molecule has 2 aromatic carbocycles. The van der Waals surface area contributed by atoms with Crippen LogP contribution in [-0.4, -0.2) is 31.8 Å². The third-order valence-electron chi connectivity index (χ3n) is 3.74. The van der Waals surface area contributed by atoms with E-state index in [0.717, 1.165) is 17.5 Å². The lowest BCUT2D eigenvalue weighted by molar-refractivity contribution is -0.121. The van der Waals surface area contributed by atoms with E-state index >= 15 is 0 Å². The number of rotatable bonds is 7. The van der Waals surface area contributed by atoms with E-state index in [0.29, 0.717) is 28.2 Å². The van der Waals surface area contributed by atoms with Gasteiger partial charge >= 0.3 is 0 Å². The number of carbonyl (C=O) groups is 1. The summed E-state index contributed by atoms with van der Waals surface area (Å²) in [4.78, 5) is 12.1. The number of thiocarbonyl (C=S) groups is 1. The summed E-state index contributed by atoms with van der Waals surface area (Å²) in [7, 11) is 3.12. The molecule has 0 saturated carbocycles. The molecule has 0 bridgehead atoms. The number of hydrogen-bond donors (Lipinski definition) is 3. The number of nitrogens with one attached hydrogen (secondary N) is 3. The first-order chi connectivity index (χ1) is 13.0. The lowest BCUT2D eigenvalue weighted by Gasteiger charge is -2.12. The normalized spacial score (nSPS) is 10.0. The highest BCUT2D eigenvalue weighted by Crippen LogP contribution is 2.27. The molecule has 0 heterocycles. The van der Waals surface area contributed by atoms with Crippen LogP contribution in [0.4, 0.5) is 0 Å². The number of hydrogen-bond acceptors (Lipinski definition) is 4. The molecule has 144 valence electrons. The third-order valence-corrected chi connectivity index (χ3v) is 4.24. The lowest BCUT2D eigenvalue weighted by Crippen LogP contribution is -2.47. The van der Waals surface area contributed by atoms with Crippen LogP contribution in [0.1, 0.15) is 11.1 Å². The maximum absolute atomic E-state index is 12.1. The number of methoxy groups -OCH3 is 2. The summed E-state index contributed by atoms with van der Waals surface area (Å²) < 4.78 is 10.4. The first kappa shape index (κ1) is 20.8. The van der Waals surface area contributed by atoms with E-state index in [1.54, 1.807) is 26.4 Å². The molecule has 6 nitrogen and oxygen atoms in total. The Morgan fingerprint density at radius 2 is 1.67 bits per heavy atom. The van der Waals surface area contributed by atoms with Crippen LogP contribution in [-0.2, 0) is 17.6 Å². The molecule has 0 fully saturated rings. The molecular weight excluding hydrogens is 386 g/mol. The van der Waals surface area contributed by atoms with E-state index in [1.165, 1.54) is 0 Å². The fraction of sp³-hybridized carbons (Fsp3) is 0.263. The Hall–Kier alpha value is -2.51. The minimum atomic E-state index is -0.218. The van der Waals surface area contributed by atoms with Gasteiger partial charge in [0.2, 0.25) is 5.91 Å². The summed E-state index contributed by atoms with van der Waals surface area (Å²) in [6.07, 6.45) is 0.972. The van der Waals surface area contributed by atoms with Gasteiger partial charge in [-0.1, -0.05) is 29.8 Å². The molecule has 1 amide bonds. The van der Waals surface area contributed by atoms with Gasteiger partial charge in [0.25, 0.3) is 0 Å². The standard InChI is InChI=1S/C19H22ClN3O3S/c1-25-16-8-5-14(11-17(16)26-2)12-18(24)22-23-19(27)21-10-9-13-3-6-15(20)7-4-13/h3-8,11H,9-10,12H2,1-2H3,(H,22,24)(H2,21,23,27). The molecule has 0 aliphatic heterocycles. The van der Waals surface area contributed by atoms with Gasteiger partial charge in [-0.2, -0.15) is 0 Å². The Morgan fingerprint density at radius 3 is 2.33 bits per heavy atom. The molecule has 2 rings (SSSR count). The largest absolute Gasteiger partial charge is 0.493 e. The first-order valence-corrected chi connectivity index (χ1v) is 9.08. The number of hydrazine groups is 1. The van der Waals surface area contributed by atoms with Crippen molar-refractivity contribution in [2.45, 2.75) is 12.8 Å². The summed E-state index contributed by atoms with van der Waals surface area (Å²) in [6.45, 7) is 0.638. The summed E-state index contributed by atoms with van der Waals surface area (Å²) in [5, 5.41) is 4.10. The second-order valence-electron chi connectivity index (χ2n) is 5.67. The van der Waals surface area contributed by atoms with Crippen LogP contribution in [0.2, 0.25) is 5.02 Å². The second kappa shape index (κ2) is 10.6. The summed E-state index contributed by atoms with van der Waals surface area (Å²) in [5.41, 5.74) is 7.21. The molecular formula is C19H22ClN3O3S. The molecule has 3 N–H and O–H groups in total. The van der Waals surface area contributed by atoms with Gasteiger partial charge in [-0.25, -0.2) is 0 Å². The topological polar surface area (TPSA) is 71.6 Å². The molecule has 27 heavy (non-hydrogen) atoms. The zero-order valence-corrected chi connectivity index (χ0v) is 16.7. The van der Waals surface area contributed by atoms with E-state index in [1.807, 2.05) is 30.3 Å². The van der Waals surface area contributed by atoms with Gasteiger partial charge in [-0.15, -0.1) is 0 Å². The van der Waals surface area contributed by atoms with Crippen molar-refractivity contribution in [2.24, 2.45) is 0 Å². The molecule has 0 aromatic heterocycles. The zero-order chi connectivity index (χ0) is 19.6. The first-order valence-electron chi connectivity index (χ1n) is 8.30.